The van der Waals surface area contributed by atoms with Crippen molar-refractivity contribution in [1.82, 2.24) is 9.21 Å². The molecule has 1 aliphatic heterocycles. The Balaban J connectivity index is 2.33. The normalized spacial score (nSPS) is 24.4. The number of hydrogen-bond donors (Lipinski definition) is 1. The maximum absolute atomic E-state index is 12.6. The van der Waals surface area contributed by atoms with Gasteiger partial charge in [0.25, 0.3) is 0 Å². The van der Waals surface area contributed by atoms with E-state index in [1.807, 2.05) is 25.9 Å². The van der Waals surface area contributed by atoms with Gasteiger partial charge >= 0.3 is 5.97 Å². The van der Waals surface area contributed by atoms with Crippen LogP contribution >= 0.6 is 11.3 Å². The number of nitrogens with zero attached hydrogens (tertiary/aromatic N) is 2. The molecule has 0 amide bonds. The molecule has 1 aromatic heterocycles. The van der Waals surface area contributed by atoms with Crippen LogP contribution in [-0.4, -0.2) is 61.9 Å². The molecular weight excluding hydrogens is 300 g/mol. The van der Waals surface area contributed by atoms with Gasteiger partial charge in [0.2, 0.25) is 10.0 Å². The number of rotatable bonds is 4. The number of hydrogen-bond acceptors (Lipinski definition) is 5. The topological polar surface area (TPSA) is 77.9 Å². The molecule has 1 aliphatic rings. The minimum atomic E-state index is -3.73. The number of likely N-dealkylation sites (N-methyl/N-ethyl adjacent to an activating group) is 1. The van der Waals surface area contributed by atoms with Crippen molar-refractivity contribution in [2.24, 2.45) is 5.92 Å². The second kappa shape index (κ2) is 5.44. The first-order valence-electron chi connectivity index (χ1n) is 6.22. The van der Waals surface area contributed by atoms with Gasteiger partial charge in [-0.15, -0.1) is 11.3 Å². The van der Waals surface area contributed by atoms with Crippen molar-refractivity contribution in [2.45, 2.75) is 17.9 Å². The van der Waals surface area contributed by atoms with Crippen LogP contribution in [0, 0.1) is 5.92 Å². The first-order valence-corrected chi connectivity index (χ1v) is 8.54. The van der Waals surface area contributed by atoms with Crippen LogP contribution in [0.25, 0.3) is 0 Å². The predicted molar refractivity (Wildman–Crippen MR) is 76.7 cm³/mol. The predicted octanol–water partition coefficient (Wildman–Crippen LogP) is 1.02. The number of aromatic carboxylic acids is 1. The highest BCUT2D eigenvalue weighted by Gasteiger charge is 2.39. The summed E-state index contributed by atoms with van der Waals surface area (Å²) in [6.07, 6.45) is 0. The highest BCUT2D eigenvalue weighted by Crippen LogP contribution is 2.30. The zero-order chi connectivity index (χ0) is 15.1. The zero-order valence-electron chi connectivity index (χ0n) is 11.6. The summed E-state index contributed by atoms with van der Waals surface area (Å²) in [6, 6.07) is 1.52. The van der Waals surface area contributed by atoms with Crippen LogP contribution in [0.15, 0.2) is 16.3 Å². The van der Waals surface area contributed by atoms with Crippen molar-refractivity contribution in [2.75, 3.05) is 27.2 Å². The lowest BCUT2D eigenvalue weighted by Crippen LogP contribution is -2.36. The van der Waals surface area contributed by atoms with Crippen molar-refractivity contribution in [3.8, 4) is 0 Å². The van der Waals surface area contributed by atoms with E-state index in [9.17, 15) is 13.2 Å². The van der Waals surface area contributed by atoms with E-state index in [1.54, 1.807) is 0 Å². The Morgan fingerprint density at radius 2 is 2.10 bits per heavy atom. The zero-order valence-corrected chi connectivity index (χ0v) is 13.2. The number of thiophene rings is 1. The Morgan fingerprint density at radius 3 is 2.60 bits per heavy atom. The lowest BCUT2D eigenvalue weighted by molar-refractivity contribution is 0.0698. The Labute approximate surface area is 122 Å². The van der Waals surface area contributed by atoms with E-state index in [-0.39, 0.29) is 21.7 Å². The van der Waals surface area contributed by atoms with E-state index in [0.717, 1.165) is 11.3 Å². The summed E-state index contributed by atoms with van der Waals surface area (Å²) in [4.78, 5) is 12.9. The average Bonchev–Trinajstić information content (AvgIpc) is 2.94. The summed E-state index contributed by atoms with van der Waals surface area (Å²) >= 11 is 0.935. The maximum Gasteiger partial charge on any atom is 0.347 e. The quantitative estimate of drug-likeness (QED) is 0.897. The van der Waals surface area contributed by atoms with Gasteiger partial charge in [0.15, 0.2) is 0 Å². The third kappa shape index (κ3) is 2.60. The molecule has 0 bridgehead atoms. The number of carboxylic acids is 1. The highest BCUT2D eigenvalue weighted by atomic mass is 32.2. The molecule has 0 aliphatic carbocycles. The summed E-state index contributed by atoms with van der Waals surface area (Å²) in [5, 5.41) is 10.6. The van der Waals surface area contributed by atoms with Crippen molar-refractivity contribution >= 4 is 27.3 Å². The average molecular weight is 318 g/mol. The molecule has 2 unspecified atom stereocenters. The number of sulfonamides is 1. The van der Waals surface area contributed by atoms with Crippen molar-refractivity contribution in [1.29, 1.82) is 0 Å². The fourth-order valence-electron chi connectivity index (χ4n) is 2.57. The Kier molecular flexibility index (Phi) is 4.19. The molecule has 1 fully saturated rings. The lowest BCUT2D eigenvalue weighted by Gasteiger charge is -2.22. The van der Waals surface area contributed by atoms with E-state index >= 15 is 0 Å². The van der Waals surface area contributed by atoms with Crippen LogP contribution < -0.4 is 0 Å². The highest BCUT2D eigenvalue weighted by molar-refractivity contribution is 7.89. The van der Waals surface area contributed by atoms with E-state index in [2.05, 4.69) is 0 Å². The third-order valence-electron chi connectivity index (χ3n) is 3.64. The monoisotopic (exact) mass is 318 g/mol. The first kappa shape index (κ1) is 15.4. The number of carboxylic acid groups (broad SMARTS) is 1. The molecule has 112 valence electrons. The first-order chi connectivity index (χ1) is 9.25. The van der Waals surface area contributed by atoms with Crippen LogP contribution in [0.3, 0.4) is 0 Å². The van der Waals surface area contributed by atoms with E-state index in [1.165, 1.54) is 15.8 Å². The molecular formula is C12H18N2O4S2. The van der Waals surface area contributed by atoms with Gasteiger partial charge in [0, 0.05) is 19.1 Å². The number of carbonyl (C=O) groups is 1. The van der Waals surface area contributed by atoms with E-state index in [4.69, 9.17) is 5.11 Å². The summed E-state index contributed by atoms with van der Waals surface area (Å²) in [7, 11) is 0.108. The molecule has 2 heterocycles. The van der Waals surface area contributed by atoms with Gasteiger partial charge in [-0.2, -0.15) is 4.31 Å². The molecule has 0 radical (unpaired) electrons. The molecule has 1 saturated heterocycles. The molecule has 0 aromatic carbocycles. The van der Waals surface area contributed by atoms with Gasteiger partial charge in [-0.1, -0.05) is 6.92 Å². The van der Waals surface area contributed by atoms with Gasteiger partial charge in [-0.3, -0.25) is 0 Å². The summed E-state index contributed by atoms with van der Waals surface area (Å²) in [6.45, 7) is 2.82. The lowest BCUT2D eigenvalue weighted by atomic mass is 10.1. The van der Waals surface area contributed by atoms with Crippen LogP contribution in [0.1, 0.15) is 16.6 Å². The van der Waals surface area contributed by atoms with Gasteiger partial charge in [0.1, 0.15) is 9.77 Å². The van der Waals surface area contributed by atoms with E-state index in [0.29, 0.717) is 13.1 Å². The molecule has 2 atom stereocenters. The summed E-state index contributed by atoms with van der Waals surface area (Å²) < 4.78 is 26.6. The van der Waals surface area contributed by atoms with Crippen LogP contribution in [-0.2, 0) is 10.0 Å². The van der Waals surface area contributed by atoms with Crippen molar-refractivity contribution in [3.05, 3.63) is 16.3 Å². The summed E-state index contributed by atoms with van der Waals surface area (Å²) in [5.74, 6) is -0.985. The van der Waals surface area contributed by atoms with Crippen LogP contribution in [0.2, 0.25) is 0 Å². The van der Waals surface area contributed by atoms with Crippen LogP contribution in [0.4, 0.5) is 0 Å². The van der Waals surface area contributed by atoms with Crippen LogP contribution in [0.5, 0.6) is 0 Å². The molecule has 8 heteroatoms. The fraction of sp³-hybridized carbons (Fsp3) is 0.583. The van der Waals surface area contributed by atoms with Gasteiger partial charge in [-0.05, 0) is 31.5 Å². The van der Waals surface area contributed by atoms with Crippen molar-refractivity contribution in [3.63, 3.8) is 0 Å². The maximum atomic E-state index is 12.6. The third-order valence-corrected chi connectivity index (χ3v) is 6.55. The fourth-order valence-corrected chi connectivity index (χ4v) is 5.36. The molecule has 0 saturated carbocycles. The van der Waals surface area contributed by atoms with Gasteiger partial charge in [0.05, 0.1) is 0 Å². The second-order valence-electron chi connectivity index (χ2n) is 5.25. The minimum Gasteiger partial charge on any atom is -0.477 e. The van der Waals surface area contributed by atoms with E-state index < -0.39 is 16.0 Å². The van der Waals surface area contributed by atoms with Gasteiger partial charge in [-0.25, -0.2) is 13.2 Å². The minimum absolute atomic E-state index is 0.0957. The Bertz CT molecular complexity index is 609. The SMILES string of the molecule is CC1CN(S(=O)(=O)c2ccsc2C(=O)O)CC1N(C)C. The second-order valence-corrected chi connectivity index (χ2v) is 8.07. The molecule has 1 N–H and O–H groups in total. The van der Waals surface area contributed by atoms with Crippen molar-refractivity contribution < 1.29 is 18.3 Å². The Hall–Kier alpha value is -0.960. The standard InChI is InChI=1S/C12H18N2O4S2/c1-8-6-14(7-9(8)13(2)3)20(17,18)10-4-5-19-11(10)12(15)16/h4-5,8-9H,6-7H2,1-3H3,(H,15,16). The molecule has 20 heavy (non-hydrogen) atoms. The molecule has 0 spiro atoms. The van der Waals surface area contributed by atoms with Gasteiger partial charge < -0.3 is 10.0 Å². The molecule has 1 aromatic rings. The molecule has 2 rings (SSSR count). The molecule has 6 nitrogen and oxygen atoms in total. The summed E-state index contributed by atoms with van der Waals surface area (Å²) in [5.41, 5.74) is 0. The Morgan fingerprint density at radius 1 is 1.45 bits per heavy atom. The largest absolute Gasteiger partial charge is 0.477 e. The smallest absolute Gasteiger partial charge is 0.347 e.